The first-order valence-electron chi connectivity index (χ1n) is 8.93. The Balaban J connectivity index is 2.50. The summed E-state index contributed by atoms with van der Waals surface area (Å²) in [5, 5.41) is 3.00. The maximum atomic E-state index is 13.4. The fourth-order valence-electron chi connectivity index (χ4n) is 2.62. The van der Waals surface area contributed by atoms with Crippen molar-refractivity contribution in [2.45, 2.75) is 33.3 Å². The van der Waals surface area contributed by atoms with Gasteiger partial charge in [0.15, 0.2) is 0 Å². The molecule has 0 unspecified atom stereocenters. The molecule has 0 aliphatic heterocycles. The van der Waals surface area contributed by atoms with Crippen molar-refractivity contribution in [3.8, 4) is 0 Å². The lowest BCUT2D eigenvalue weighted by molar-refractivity contribution is -0.152. The van der Waals surface area contributed by atoms with Crippen LogP contribution in [0.1, 0.15) is 38.1 Å². The summed E-state index contributed by atoms with van der Waals surface area (Å²) in [5.41, 5.74) is 0.0602. The minimum atomic E-state index is -0.737. The third-order valence-corrected chi connectivity index (χ3v) is 4.47. The molecular formula is C21H21Cl3N2O4. The lowest BCUT2D eigenvalue weighted by Crippen LogP contribution is -2.39. The third-order valence-electron chi connectivity index (χ3n) is 3.65. The van der Waals surface area contributed by atoms with Crippen molar-refractivity contribution in [3.05, 3.63) is 57.0 Å². The average molecular weight is 472 g/mol. The van der Waals surface area contributed by atoms with Gasteiger partial charge in [0.1, 0.15) is 12.1 Å². The summed E-state index contributed by atoms with van der Waals surface area (Å²) in [4.78, 5) is 38.4. The summed E-state index contributed by atoms with van der Waals surface area (Å²) in [7, 11) is 0. The van der Waals surface area contributed by atoms with E-state index in [1.54, 1.807) is 45.0 Å². The van der Waals surface area contributed by atoms with Crippen molar-refractivity contribution >= 4 is 64.0 Å². The van der Waals surface area contributed by atoms with Crippen molar-refractivity contribution < 1.29 is 19.1 Å². The van der Waals surface area contributed by atoms with Crippen LogP contribution in [-0.2, 0) is 14.3 Å². The van der Waals surface area contributed by atoms with Crippen LogP contribution in [0.25, 0.3) is 0 Å². The van der Waals surface area contributed by atoms with Crippen LogP contribution >= 0.6 is 34.8 Å². The number of ether oxygens (including phenoxy) is 1. The average Bonchev–Trinajstić information content (AvgIpc) is 2.56. The van der Waals surface area contributed by atoms with Gasteiger partial charge in [-0.05, 0) is 51.1 Å². The van der Waals surface area contributed by atoms with E-state index in [4.69, 9.17) is 39.5 Å². The fraction of sp³-hybridized carbons (Fsp3) is 0.286. The number of halogens is 3. The molecule has 0 heterocycles. The number of rotatable bonds is 5. The van der Waals surface area contributed by atoms with Crippen molar-refractivity contribution in [2.75, 3.05) is 16.8 Å². The number of nitrogens with one attached hydrogen (secondary N) is 1. The van der Waals surface area contributed by atoms with Crippen molar-refractivity contribution in [1.29, 1.82) is 0 Å². The van der Waals surface area contributed by atoms with E-state index in [1.807, 2.05) is 0 Å². The van der Waals surface area contributed by atoms with Crippen LogP contribution in [0.5, 0.6) is 0 Å². The van der Waals surface area contributed by atoms with Gasteiger partial charge in [0.25, 0.3) is 5.91 Å². The number of anilines is 2. The van der Waals surface area contributed by atoms with Gasteiger partial charge in [-0.2, -0.15) is 0 Å². The van der Waals surface area contributed by atoms with E-state index >= 15 is 0 Å². The summed E-state index contributed by atoms with van der Waals surface area (Å²) >= 11 is 18.4. The number of carbonyl (C=O) groups excluding carboxylic acids is 3. The number of nitrogens with zero attached hydrogens (tertiary/aromatic N) is 1. The molecule has 0 saturated heterocycles. The molecule has 0 saturated carbocycles. The van der Waals surface area contributed by atoms with Crippen LogP contribution in [0.2, 0.25) is 15.1 Å². The second-order valence-electron chi connectivity index (χ2n) is 7.45. The van der Waals surface area contributed by atoms with Gasteiger partial charge in [0.05, 0.1) is 15.6 Å². The molecule has 1 N–H and O–H groups in total. The predicted molar refractivity (Wildman–Crippen MR) is 120 cm³/mol. The van der Waals surface area contributed by atoms with Gasteiger partial charge in [0, 0.05) is 23.3 Å². The summed E-state index contributed by atoms with van der Waals surface area (Å²) in [6.45, 7) is 6.14. The predicted octanol–water partition coefficient (Wildman–Crippen LogP) is 5.59. The Bertz CT molecular complexity index is 963. The number of hydrogen-bond acceptors (Lipinski definition) is 4. The highest BCUT2D eigenvalue weighted by Gasteiger charge is 2.27. The molecule has 0 bridgehead atoms. The molecule has 0 fully saturated rings. The number of hydrogen-bond donors (Lipinski definition) is 1. The molecule has 6 nitrogen and oxygen atoms in total. The summed E-state index contributed by atoms with van der Waals surface area (Å²) < 4.78 is 5.36. The van der Waals surface area contributed by atoms with E-state index in [1.165, 1.54) is 24.0 Å². The zero-order valence-electron chi connectivity index (χ0n) is 16.9. The molecule has 2 amide bonds. The topological polar surface area (TPSA) is 75.7 Å². The van der Waals surface area contributed by atoms with E-state index in [-0.39, 0.29) is 26.5 Å². The Morgan fingerprint density at radius 3 is 2.17 bits per heavy atom. The SMILES string of the molecule is CC(=O)Nc1cccc(N(CC(=O)OC(C)(C)C)C(=O)c2c(Cl)cc(Cl)cc2Cl)c1. The zero-order chi connectivity index (χ0) is 22.6. The second kappa shape index (κ2) is 9.69. The first-order valence-corrected chi connectivity index (χ1v) is 10.1. The lowest BCUT2D eigenvalue weighted by atomic mass is 10.1. The number of benzene rings is 2. The van der Waals surface area contributed by atoms with Gasteiger partial charge >= 0.3 is 5.97 Å². The van der Waals surface area contributed by atoms with Crippen LogP contribution in [0.15, 0.2) is 36.4 Å². The van der Waals surface area contributed by atoms with E-state index in [0.717, 1.165) is 0 Å². The Labute approximate surface area is 190 Å². The lowest BCUT2D eigenvalue weighted by Gasteiger charge is -2.26. The molecule has 9 heteroatoms. The van der Waals surface area contributed by atoms with Crippen LogP contribution in [0.3, 0.4) is 0 Å². The Morgan fingerprint density at radius 1 is 1.03 bits per heavy atom. The molecular weight excluding hydrogens is 451 g/mol. The highest BCUT2D eigenvalue weighted by molar-refractivity contribution is 6.42. The van der Waals surface area contributed by atoms with Crippen LogP contribution in [0, 0.1) is 0 Å². The van der Waals surface area contributed by atoms with Crippen molar-refractivity contribution in [2.24, 2.45) is 0 Å². The van der Waals surface area contributed by atoms with Crippen LogP contribution in [-0.4, -0.2) is 29.9 Å². The maximum absolute atomic E-state index is 13.4. The van der Waals surface area contributed by atoms with Gasteiger partial charge in [-0.3, -0.25) is 19.3 Å². The molecule has 0 aromatic heterocycles. The van der Waals surface area contributed by atoms with Gasteiger partial charge < -0.3 is 10.1 Å². The summed E-state index contributed by atoms with van der Waals surface area (Å²) in [5.74, 6) is -1.52. The molecule has 2 rings (SSSR count). The molecule has 0 aliphatic rings. The fourth-order valence-corrected chi connectivity index (χ4v) is 3.60. The Kier molecular flexibility index (Phi) is 7.75. The summed E-state index contributed by atoms with van der Waals surface area (Å²) in [6, 6.07) is 9.25. The third kappa shape index (κ3) is 6.62. The van der Waals surface area contributed by atoms with Gasteiger partial charge in [0.2, 0.25) is 5.91 Å². The minimum Gasteiger partial charge on any atom is -0.459 e. The monoisotopic (exact) mass is 470 g/mol. The van der Waals surface area contributed by atoms with E-state index in [2.05, 4.69) is 5.32 Å². The Morgan fingerprint density at radius 2 is 1.63 bits per heavy atom. The second-order valence-corrected chi connectivity index (χ2v) is 8.70. The van der Waals surface area contributed by atoms with Crippen LogP contribution < -0.4 is 10.2 Å². The van der Waals surface area contributed by atoms with Gasteiger partial charge in [-0.25, -0.2) is 0 Å². The van der Waals surface area contributed by atoms with E-state index < -0.39 is 24.0 Å². The largest absolute Gasteiger partial charge is 0.459 e. The van der Waals surface area contributed by atoms with Gasteiger partial charge in [-0.15, -0.1) is 0 Å². The van der Waals surface area contributed by atoms with Crippen molar-refractivity contribution in [1.82, 2.24) is 0 Å². The highest BCUT2D eigenvalue weighted by Crippen LogP contribution is 2.32. The molecule has 0 aliphatic carbocycles. The quantitative estimate of drug-likeness (QED) is 0.576. The van der Waals surface area contributed by atoms with Gasteiger partial charge in [-0.1, -0.05) is 40.9 Å². The van der Waals surface area contributed by atoms with Crippen LogP contribution in [0.4, 0.5) is 11.4 Å². The first kappa shape index (κ1) is 24.0. The Hall–Kier alpha value is -2.28. The smallest absolute Gasteiger partial charge is 0.326 e. The number of esters is 1. The molecule has 0 atom stereocenters. The van der Waals surface area contributed by atoms with Crippen molar-refractivity contribution in [3.63, 3.8) is 0 Å². The summed E-state index contributed by atoms with van der Waals surface area (Å²) in [6.07, 6.45) is 0. The number of carbonyl (C=O) groups is 3. The molecule has 2 aromatic carbocycles. The molecule has 2 aromatic rings. The highest BCUT2D eigenvalue weighted by atomic mass is 35.5. The molecule has 160 valence electrons. The number of amides is 2. The zero-order valence-corrected chi connectivity index (χ0v) is 19.2. The normalized spacial score (nSPS) is 11.0. The standard InChI is InChI=1S/C21H21Cl3N2O4/c1-12(27)25-14-6-5-7-15(10-14)26(11-18(28)30-21(2,3)4)20(29)19-16(23)8-13(22)9-17(19)24/h5-10H,11H2,1-4H3,(H,25,27). The van der Waals surface area contributed by atoms with E-state index in [0.29, 0.717) is 11.4 Å². The molecule has 30 heavy (non-hydrogen) atoms. The van der Waals surface area contributed by atoms with E-state index in [9.17, 15) is 14.4 Å². The molecule has 0 radical (unpaired) electrons. The minimum absolute atomic E-state index is 0.00350. The maximum Gasteiger partial charge on any atom is 0.326 e. The first-order chi connectivity index (χ1) is 13.9. The molecule has 0 spiro atoms.